The number of phenolic OH excluding ortho intramolecular Hbond substituents is 2. The molecule has 0 aliphatic heterocycles. The standard InChI is InChI=1S/C17H20N2O2S/c1-12-9-15(20)16(21)10-14(12)7-8-18-17(22)19-11-13-5-3-2-4-6-13/h2-6,9-10,20-21H,7-8,11H2,1H3,(H2,18,19,22). The van der Waals surface area contributed by atoms with Crippen molar-refractivity contribution in [1.82, 2.24) is 10.6 Å². The summed E-state index contributed by atoms with van der Waals surface area (Å²) in [6.07, 6.45) is 0.715. The highest BCUT2D eigenvalue weighted by molar-refractivity contribution is 7.80. The van der Waals surface area contributed by atoms with Gasteiger partial charge in [-0.05, 0) is 54.4 Å². The molecule has 4 N–H and O–H groups in total. The summed E-state index contributed by atoms with van der Waals surface area (Å²) in [7, 11) is 0. The van der Waals surface area contributed by atoms with E-state index in [1.807, 2.05) is 37.3 Å². The van der Waals surface area contributed by atoms with Gasteiger partial charge in [0.05, 0.1) is 0 Å². The minimum Gasteiger partial charge on any atom is -0.504 e. The second-order valence-electron chi connectivity index (χ2n) is 5.11. The van der Waals surface area contributed by atoms with Gasteiger partial charge in [0.2, 0.25) is 0 Å². The number of benzene rings is 2. The Kier molecular flexibility index (Phi) is 5.61. The van der Waals surface area contributed by atoms with Crippen molar-refractivity contribution < 1.29 is 10.2 Å². The van der Waals surface area contributed by atoms with Crippen LogP contribution >= 0.6 is 12.2 Å². The maximum absolute atomic E-state index is 9.53. The molecule has 0 bridgehead atoms. The van der Waals surface area contributed by atoms with Gasteiger partial charge in [-0.2, -0.15) is 0 Å². The Hall–Kier alpha value is -2.27. The van der Waals surface area contributed by atoms with E-state index in [-0.39, 0.29) is 11.5 Å². The fraction of sp³-hybridized carbons (Fsp3) is 0.235. The van der Waals surface area contributed by atoms with Crippen molar-refractivity contribution in [3.05, 3.63) is 59.2 Å². The van der Waals surface area contributed by atoms with Gasteiger partial charge >= 0.3 is 0 Å². The lowest BCUT2D eigenvalue weighted by molar-refractivity contribution is 0.402. The molecule has 2 rings (SSSR count). The van der Waals surface area contributed by atoms with Gasteiger partial charge in [0.25, 0.3) is 0 Å². The van der Waals surface area contributed by atoms with Crippen LogP contribution in [0.2, 0.25) is 0 Å². The lowest BCUT2D eigenvalue weighted by atomic mass is 10.0. The number of aromatic hydroxyl groups is 2. The zero-order valence-electron chi connectivity index (χ0n) is 12.5. The molecule has 0 spiro atoms. The third-order valence-corrected chi connectivity index (χ3v) is 3.70. The molecule has 0 aliphatic rings. The number of phenols is 2. The Balaban J connectivity index is 1.76. The zero-order chi connectivity index (χ0) is 15.9. The van der Waals surface area contributed by atoms with Crippen molar-refractivity contribution in [1.29, 1.82) is 0 Å². The van der Waals surface area contributed by atoms with Gasteiger partial charge in [-0.1, -0.05) is 30.3 Å². The molecule has 0 aromatic heterocycles. The van der Waals surface area contributed by atoms with Crippen molar-refractivity contribution in [2.75, 3.05) is 6.54 Å². The highest BCUT2D eigenvalue weighted by atomic mass is 32.1. The van der Waals surface area contributed by atoms with Gasteiger partial charge in [0.1, 0.15) is 0 Å². The molecule has 116 valence electrons. The summed E-state index contributed by atoms with van der Waals surface area (Å²) in [5.41, 5.74) is 3.10. The van der Waals surface area contributed by atoms with Gasteiger partial charge in [-0.15, -0.1) is 0 Å². The summed E-state index contributed by atoms with van der Waals surface area (Å²) in [5.74, 6) is -0.181. The monoisotopic (exact) mass is 316 g/mol. The molecule has 0 heterocycles. The minimum absolute atomic E-state index is 0.0887. The molecule has 0 radical (unpaired) electrons. The van der Waals surface area contributed by atoms with Crippen LogP contribution in [0.1, 0.15) is 16.7 Å². The van der Waals surface area contributed by atoms with Crippen LogP contribution in [-0.4, -0.2) is 21.9 Å². The lowest BCUT2D eigenvalue weighted by Crippen LogP contribution is -2.35. The van der Waals surface area contributed by atoms with Crippen molar-refractivity contribution in [2.24, 2.45) is 0 Å². The van der Waals surface area contributed by atoms with Crippen molar-refractivity contribution in [3.63, 3.8) is 0 Å². The summed E-state index contributed by atoms with van der Waals surface area (Å²) in [6.45, 7) is 3.25. The van der Waals surface area contributed by atoms with Gasteiger partial charge in [0, 0.05) is 13.1 Å². The summed E-state index contributed by atoms with van der Waals surface area (Å²) in [6, 6.07) is 13.2. The number of nitrogens with one attached hydrogen (secondary N) is 2. The molecule has 0 fully saturated rings. The average molecular weight is 316 g/mol. The number of hydrogen-bond acceptors (Lipinski definition) is 3. The van der Waals surface area contributed by atoms with Crippen LogP contribution in [0.3, 0.4) is 0 Å². The van der Waals surface area contributed by atoms with E-state index in [2.05, 4.69) is 10.6 Å². The molecule has 22 heavy (non-hydrogen) atoms. The first-order valence-corrected chi connectivity index (χ1v) is 7.54. The molecular weight excluding hydrogens is 296 g/mol. The molecule has 0 unspecified atom stereocenters. The van der Waals surface area contributed by atoms with E-state index >= 15 is 0 Å². The fourth-order valence-electron chi connectivity index (χ4n) is 2.15. The molecule has 5 heteroatoms. The lowest BCUT2D eigenvalue weighted by Gasteiger charge is -2.12. The predicted octanol–water partition coefficient (Wildman–Crippen LogP) is 2.61. The van der Waals surface area contributed by atoms with Crippen LogP contribution in [0.15, 0.2) is 42.5 Å². The summed E-state index contributed by atoms with van der Waals surface area (Å²) >= 11 is 5.24. The normalized spacial score (nSPS) is 10.2. The van der Waals surface area contributed by atoms with E-state index in [0.717, 1.165) is 11.1 Å². The Morgan fingerprint density at radius 1 is 1.05 bits per heavy atom. The first kappa shape index (κ1) is 16.1. The highest BCUT2D eigenvalue weighted by Crippen LogP contribution is 2.27. The van der Waals surface area contributed by atoms with Crippen LogP contribution in [-0.2, 0) is 13.0 Å². The van der Waals surface area contributed by atoms with Crippen LogP contribution < -0.4 is 10.6 Å². The fourth-order valence-corrected chi connectivity index (χ4v) is 2.32. The largest absolute Gasteiger partial charge is 0.504 e. The first-order chi connectivity index (χ1) is 10.6. The molecule has 2 aromatic carbocycles. The molecule has 4 nitrogen and oxygen atoms in total. The molecule has 0 saturated heterocycles. The van der Waals surface area contributed by atoms with Crippen molar-refractivity contribution >= 4 is 17.3 Å². The van der Waals surface area contributed by atoms with E-state index in [1.54, 1.807) is 12.1 Å². The Morgan fingerprint density at radius 2 is 1.73 bits per heavy atom. The smallest absolute Gasteiger partial charge is 0.166 e. The third-order valence-electron chi connectivity index (χ3n) is 3.41. The van der Waals surface area contributed by atoms with E-state index < -0.39 is 0 Å². The average Bonchev–Trinajstić information content (AvgIpc) is 2.51. The summed E-state index contributed by atoms with van der Waals surface area (Å²) < 4.78 is 0. The van der Waals surface area contributed by atoms with Gasteiger partial charge in [-0.3, -0.25) is 0 Å². The predicted molar refractivity (Wildman–Crippen MR) is 92.1 cm³/mol. The molecule has 2 aromatic rings. The zero-order valence-corrected chi connectivity index (χ0v) is 13.3. The summed E-state index contributed by atoms with van der Waals surface area (Å²) in [4.78, 5) is 0. The third kappa shape index (κ3) is 4.63. The van der Waals surface area contributed by atoms with E-state index in [1.165, 1.54) is 5.56 Å². The molecule has 0 saturated carbocycles. The number of hydrogen-bond donors (Lipinski definition) is 4. The minimum atomic E-state index is -0.0922. The Morgan fingerprint density at radius 3 is 2.45 bits per heavy atom. The Labute approximate surface area is 135 Å². The molecule has 0 amide bonds. The van der Waals surface area contributed by atoms with Gasteiger partial charge < -0.3 is 20.8 Å². The molecule has 0 aliphatic carbocycles. The van der Waals surface area contributed by atoms with Crippen molar-refractivity contribution in [3.8, 4) is 11.5 Å². The van der Waals surface area contributed by atoms with Crippen LogP contribution in [0.25, 0.3) is 0 Å². The molecule has 0 atom stereocenters. The number of thiocarbonyl (C=S) groups is 1. The van der Waals surface area contributed by atoms with E-state index in [9.17, 15) is 10.2 Å². The highest BCUT2D eigenvalue weighted by Gasteiger charge is 2.05. The number of rotatable bonds is 5. The maximum atomic E-state index is 9.53. The van der Waals surface area contributed by atoms with Gasteiger partial charge in [-0.25, -0.2) is 0 Å². The topological polar surface area (TPSA) is 64.5 Å². The quantitative estimate of drug-likeness (QED) is 0.504. The second-order valence-corrected chi connectivity index (χ2v) is 5.52. The molecular formula is C17H20N2O2S. The van der Waals surface area contributed by atoms with Crippen LogP contribution in [0.4, 0.5) is 0 Å². The SMILES string of the molecule is Cc1cc(O)c(O)cc1CCNC(=S)NCc1ccccc1. The second kappa shape index (κ2) is 7.66. The van der Waals surface area contributed by atoms with Crippen LogP contribution in [0, 0.1) is 6.92 Å². The first-order valence-electron chi connectivity index (χ1n) is 7.13. The maximum Gasteiger partial charge on any atom is 0.166 e. The van der Waals surface area contributed by atoms with Crippen molar-refractivity contribution in [2.45, 2.75) is 19.9 Å². The Bertz CT molecular complexity index is 645. The van der Waals surface area contributed by atoms with E-state index in [0.29, 0.717) is 24.6 Å². The van der Waals surface area contributed by atoms with E-state index in [4.69, 9.17) is 12.2 Å². The number of aryl methyl sites for hydroxylation is 1. The van der Waals surface area contributed by atoms with Gasteiger partial charge in [0.15, 0.2) is 16.6 Å². The van der Waals surface area contributed by atoms with Crippen LogP contribution in [0.5, 0.6) is 11.5 Å². The summed E-state index contributed by atoms with van der Waals surface area (Å²) in [5, 5.41) is 25.8.